The van der Waals surface area contributed by atoms with Gasteiger partial charge in [-0.15, -0.1) is 0 Å². The average Bonchev–Trinajstić information content (AvgIpc) is 3.02. The largest absolute Gasteiger partial charge is 0.497 e. The molecule has 0 amide bonds. The molecule has 1 heterocycles. The van der Waals surface area contributed by atoms with Crippen molar-refractivity contribution in [1.82, 2.24) is 4.57 Å². The molecule has 5 aromatic rings. The van der Waals surface area contributed by atoms with Gasteiger partial charge in [-0.3, -0.25) is 0 Å². The summed E-state index contributed by atoms with van der Waals surface area (Å²) < 4.78 is 8.98. The Morgan fingerprint density at radius 2 is 1.41 bits per heavy atom. The van der Waals surface area contributed by atoms with Gasteiger partial charge in [-0.1, -0.05) is 54.6 Å². The molecule has 5 rings (SSSR count). The van der Waals surface area contributed by atoms with Gasteiger partial charge in [0, 0.05) is 37.9 Å². The molecule has 0 N–H and O–H groups in total. The van der Waals surface area contributed by atoms with Gasteiger partial charge in [-0.2, -0.15) is 0 Å². The Morgan fingerprint density at radius 1 is 0.778 bits per heavy atom. The van der Waals surface area contributed by atoms with E-state index in [1.165, 1.54) is 47.3 Å². The molecule has 0 radical (unpaired) electrons. The first-order valence-electron chi connectivity index (χ1n) is 8.92. The quantitative estimate of drug-likeness (QED) is 0.264. The van der Waals surface area contributed by atoms with E-state index in [0.717, 1.165) is 5.75 Å². The van der Waals surface area contributed by atoms with Crippen molar-refractivity contribution in [3.63, 3.8) is 0 Å². The number of rotatable bonds is 2. The number of hydrogen-bond acceptors (Lipinski definition) is 1. The minimum absolute atomic E-state index is 0.878. The van der Waals surface area contributed by atoms with Crippen LogP contribution in [0.1, 0.15) is 0 Å². The number of fused-ring (bicyclic) bond motifs is 5. The van der Waals surface area contributed by atoms with Gasteiger partial charge < -0.3 is 9.30 Å². The fourth-order valence-corrected chi connectivity index (χ4v) is 5.17. The third-order valence-electron chi connectivity index (χ3n) is 5.37. The van der Waals surface area contributed by atoms with E-state index in [-0.39, 0.29) is 0 Å². The second kappa shape index (κ2) is 6.27. The summed E-state index contributed by atoms with van der Waals surface area (Å²) >= 11 is 2.51. The predicted octanol–water partition coefficient (Wildman–Crippen LogP) is 6.76. The second-order valence-corrected chi connectivity index (χ2v) is 7.84. The summed E-state index contributed by atoms with van der Waals surface area (Å²) in [5, 5.41) is 5.21. The van der Waals surface area contributed by atoms with Crippen LogP contribution >= 0.6 is 22.6 Å². The molecule has 0 unspecified atom stereocenters. The Hall–Kier alpha value is -2.53. The SMILES string of the molecule is COc1ccc(-c2c(I)c3ccccc3c3c2c2ccccc2n3C)cc1. The molecule has 27 heavy (non-hydrogen) atoms. The van der Waals surface area contributed by atoms with E-state index in [1.807, 2.05) is 12.1 Å². The van der Waals surface area contributed by atoms with Gasteiger partial charge in [-0.25, -0.2) is 0 Å². The molecule has 2 nitrogen and oxygen atoms in total. The number of nitrogens with zero attached hydrogens (tertiary/aromatic N) is 1. The normalized spacial score (nSPS) is 11.5. The smallest absolute Gasteiger partial charge is 0.118 e. The first-order chi connectivity index (χ1) is 13.2. The molecule has 3 heteroatoms. The van der Waals surface area contributed by atoms with Crippen LogP contribution < -0.4 is 4.74 Å². The van der Waals surface area contributed by atoms with Crippen molar-refractivity contribution in [2.75, 3.05) is 7.11 Å². The van der Waals surface area contributed by atoms with Crippen molar-refractivity contribution in [3.05, 3.63) is 76.4 Å². The summed E-state index contributed by atoms with van der Waals surface area (Å²) in [6.07, 6.45) is 0. The van der Waals surface area contributed by atoms with Crippen LogP contribution in [0.3, 0.4) is 0 Å². The summed E-state index contributed by atoms with van der Waals surface area (Å²) in [6.45, 7) is 0. The van der Waals surface area contributed by atoms with Crippen LogP contribution in [0.15, 0.2) is 72.8 Å². The van der Waals surface area contributed by atoms with Crippen molar-refractivity contribution in [1.29, 1.82) is 0 Å². The van der Waals surface area contributed by atoms with Gasteiger partial charge >= 0.3 is 0 Å². The second-order valence-electron chi connectivity index (χ2n) is 6.76. The van der Waals surface area contributed by atoms with Gasteiger partial charge in [0.25, 0.3) is 0 Å². The van der Waals surface area contributed by atoms with Gasteiger partial charge in [0.2, 0.25) is 0 Å². The van der Waals surface area contributed by atoms with Crippen LogP contribution in [0.25, 0.3) is 43.7 Å². The molecule has 0 aliphatic carbocycles. The minimum atomic E-state index is 0.878. The number of benzene rings is 4. The van der Waals surface area contributed by atoms with Crippen LogP contribution in [0.4, 0.5) is 0 Å². The fourth-order valence-electron chi connectivity index (χ4n) is 4.12. The number of para-hydroxylation sites is 1. The first kappa shape index (κ1) is 16.6. The lowest BCUT2D eigenvalue weighted by atomic mass is 9.95. The zero-order valence-corrected chi connectivity index (χ0v) is 17.3. The summed E-state index contributed by atoms with van der Waals surface area (Å²) in [7, 11) is 3.87. The van der Waals surface area contributed by atoms with E-state index in [0.29, 0.717) is 0 Å². The molecule has 0 saturated heterocycles. The molecular formula is C24H18INO. The molecule has 0 fully saturated rings. The van der Waals surface area contributed by atoms with E-state index in [1.54, 1.807) is 7.11 Å². The highest BCUT2D eigenvalue weighted by molar-refractivity contribution is 14.1. The van der Waals surface area contributed by atoms with E-state index in [9.17, 15) is 0 Å². The molecule has 0 atom stereocenters. The Bertz CT molecular complexity index is 1320. The molecule has 0 spiro atoms. The third kappa shape index (κ3) is 2.38. The maximum absolute atomic E-state index is 5.36. The zero-order valence-electron chi connectivity index (χ0n) is 15.2. The first-order valence-corrected chi connectivity index (χ1v) is 10.0. The molecule has 4 aromatic carbocycles. The zero-order chi connectivity index (χ0) is 18.5. The van der Waals surface area contributed by atoms with Crippen molar-refractivity contribution >= 4 is 55.2 Å². The van der Waals surface area contributed by atoms with Crippen molar-refractivity contribution < 1.29 is 4.74 Å². The molecule has 1 aromatic heterocycles. The van der Waals surface area contributed by atoms with E-state index >= 15 is 0 Å². The van der Waals surface area contributed by atoms with Gasteiger partial charge in [-0.05, 0) is 51.7 Å². The number of ether oxygens (including phenoxy) is 1. The monoisotopic (exact) mass is 463 g/mol. The lowest BCUT2D eigenvalue weighted by Gasteiger charge is -2.13. The lowest BCUT2D eigenvalue weighted by Crippen LogP contribution is -1.92. The molecule has 0 aliphatic rings. The maximum Gasteiger partial charge on any atom is 0.118 e. The molecule has 132 valence electrons. The highest BCUT2D eigenvalue weighted by Gasteiger charge is 2.19. The Kier molecular flexibility index (Phi) is 3.86. The molecule has 0 saturated carbocycles. The average molecular weight is 463 g/mol. The number of hydrogen-bond donors (Lipinski definition) is 0. The Labute approximate surface area is 171 Å². The van der Waals surface area contributed by atoms with Crippen LogP contribution in [0.2, 0.25) is 0 Å². The van der Waals surface area contributed by atoms with Crippen molar-refractivity contribution in [2.45, 2.75) is 0 Å². The van der Waals surface area contributed by atoms with Crippen LogP contribution in [0, 0.1) is 3.57 Å². The van der Waals surface area contributed by atoms with E-state index in [4.69, 9.17) is 4.74 Å². The minimum Gasteiger partial charge on any atom is -0.497 e. The van der Waals surface area contributed by atoms with E-state index < -0.39 is 0 Å². The van der Waals surface area contributed by atoms with Crippen LogP contribution in [-0.4, -0.2) is 11.7 Å². The summed E-state index contributed by atoms with van der Waals surface area (Å²) in [6, 6.07) is 25.8. The fraction of sp³-hybridized carbons (Fsp3) is 0.0833. The number of halogens is 1. The Balaban J connectivity index is 2.04. The van der Waals surface area contributed by atoms with Gasteiger partial charge in [0.1, 0.15) is 5.75 Å². The highest BCUT2D eigenvalue weighted by Crippen LogP contribution is 2.44. The van der Waals surface area contributed by atoms with Gasteiger partial charge in [0.15, 0.2) is 0 Å². The number of methoxy groups -OCH3 is 1. The highest BCUT2D eigenvalue weighted by atomic mass is 127. The van der Waals surface area contributed by atoms with E-state index in [2.05, 4.69) is 94.9 Å². The third-order valence-corrected chi connectivity index (χ3v) is 6.49. The summed E-state index contributed by atoms with van der Waals surface area (Å²) in [5.41, 5.74) is 5.06. The van der Waals surface area contributed by atoms with Crippen LogP contribution in [0.5, 0.6) is 5.75 Å². The molecular weight excluding hydrogens is 445 g/mol. The maximum atomic E-state index is 5.36. The molecule has 0 bridgehead atoms. The standard InChI is InChI=1S/C24H18INO/c1-26-20-10-6-5-9-19(20)22-21(15-11-13-16(27-2)14-12-15)23(25)17-7-3-4-8-18(17)24(22)26/h3-14H,1-2H3. The lowest BCUT2D eigenvalue weighted by molar-refractivity contribution is 0.415. The number of aromatic nitrogens is 1. The summed E-state index contributed by atoms with van der Waals surface area (Å²) in [4.78, 5) is 0. The summed E-state index contributed by atoms with van der Waals surface area (Å²) in [5.74, 6) is 0.878. The topological polar surface area (TPSA) is 14.2 Å². The molecule has 0 aliphatic heterocycles. The van der Waals surface area contributed by atoms with Crippen LogP contribution in [-0.2, 0) is 7.05 Å². The van der Waals surface area contributed by atoms with Crippen molar-refractivity contribution in [3.8, 4) is 16.9 Å². The Morgan fingerprint density at radius 3 is 2.11 bits per heavy atom. The van der Waals surface area contributed by atoms with Crippen molar-refractivity contribution in [2.24, 2.45) is 7.05 Å². The number of aryl methyl sites for hydroxylation is 1. The van der Waals surface area contributed by atoms with Gasteiger partial charge in [0.05, 0.1) is 12.6 Å². The predicted molar refractivity (Wildman–Crippen MR) is 123 cm³/mol.